The molecule has 0 unspecified atom stereocenters. The van der Waals surface area contributed by atoms with Crippen molar-refractivity contribution in [2.24, 2.45) is 0 Å². The zero-order valence-electron chi connectivity index (χ0n) is 13.7. The monoisotopic (exact) mass is 320 g/mol. The van der Waals surface area contributed by atoms with E-state index in [9.17, 15) is 0 Å². The molecule has 4 rings (SSSR count). The summed E-state index contributed by atoms with van der Waals surface area (Å²) >= 11 is 0. The van der Waals surface area contributed by atoms with Crippen molar-refractivity contribution in [3.05, 3.63) is 54.4 Å². The Labute approximate surface area is 141 Å². The van der Waals surface area contributed by atoms with Crippen LogP contribution in [0.3, 0.4) is 0 Å². The second kappa shape index (κ2) is 6.35. The van der Waals surface area contributed by atoms with Crippen LogP contribution in [0.1, 0.15) is 18.4 Å². The molecular formula is C19H20N4O. The Morgan fingerprint density at radius 1 is 1.12 bits per heavy atom. The Morgan fingerprint density at radius 2 is 2.04 bits per heavy atom. The smallest absolute Gasteiger partial charge is 0.144 e. The van der Waals surface area contributed by atoms with Crippen molar-refractivity contribution in [3.63, 3.8) is 0 Å². The summed E-state index contributed by atoms with van der Waals surface area (Å²) in [5.41, 5.74) is 4.25. The van der Waals surface area contributed by atoms with Crippen molar-refractivity contribution in [1.29, 1.82) is 0 Å². The first-order valence-electron chi connectivity index (χ1n) is 8.28. The number of pyridine rings is 1. The highest BCUT2D eigenvalue weighted by Gasteiger charge is 2.22. The predicted molar refractivity (Wildman–Crippen MR) is 94.8 cm³/mol. The van der Waals surface area contributed by atoms with Gasteiger partial charge in [-0.05, 0) is 43.5 Å². The number of fused-ring (bicyclic) bond motifs is 1. The summed E-state index contributed by atoms with van der Waals surface area (Å²) in [4.78, 5) is 4.25. The van der Waals surface area contributed by atoms with Gasteiger partial charge in [0.05, 0.1) is 12.8 Å². The molecule has 3 heterocycles. The van der Waals surface area contributed by atoms with E-state index < -0.39 is 0 Å². The van der Waals surface area contributed by atoms with Crippen LogP contribution in [-0.2, 0) is 6.42 Å². The Kier molecular flexibility index (Phi) is 3.91. The molecule has 1 aliphatic heterocycles. The highest BCUT2D eigenvalue weighted by atomic mass is 16.5. The molecular weight excluding hydrogens is 300 g/mol. The van der Waals surface area contributed by atoms with Gasteiger partial charge in [0.15, 0.2) is 0 Å². The van der Waals surface area contributed by atoms with Crippen LogP contribution in [0.5, 0.6) is 5.75 Å². The molecule has 3 aromatic rings. The first kappa shape index (κ1) is 14.8. The van der Waals surface area contributed by atoms with E-state index in [2.05, 4.69) is 16.4 Å². The number of benzene rings is 1. The van der Waals surface area contributed by atoms with E-state index in [0.717, 1.165) is 54.3 Å². The van der Waals surface area contributed by atoms with Crippen LogP contribution in [-0.4, -0.2) is 28.4 Å². The summed E-state index contributed by atoms with van der Waals surface area (Å²) in [5, 5.41) is 8.47. The van der Waals surface area contributed by atoms with E-state index in [1.54, 1.807) is 13.3 Å². The van der Waals surface area contributed by atoms with E-state index in [4.69, 9.17) is 9.84 Å². The van der Waals surface area contributed by atoms with Gasteiger partial charge in [-0.3, -0.25) is 4.98 Å². The Balaban J connectivity index is 1.93. The molecule has 1 aliphatic rings. The number of nitrogens with one attached hydrogen (secondary N) is 1. The average Bonchev–Trinajstić information content (AvgIpc) is 2.83. The molecule has 0 amide bonds. The van der Waals surface area contributed by atoms with Gasteiger partial charge >= 0.3 is 0 Å². The van der Waals surface area contributed by atoms with Crippen molar-refractivity contribution in [3.8, 4) is 22.7 Å². The lowest BCUT2D eigenvalue weighted by atomic mass is 10.1. The van der Waals surface area contributed by atoms with Gasteiger partial charge in [0.2, 0.25) is 0 Å². The summed E-state index contributed by atoms with van der Waals surface area (Å²) in [6, 6.07) is 12.0. The summed E-state index contributed by atoms with van der Waals surface area (Å²) < 4.78 is 7.51. The normalized spacial score (nSPS) is 13.7. The fourth-order valence-electron chi connectivity index (χ4n) is 3.22. The molecule has 1 aromatic carbocycles. The SMILES string of the molecule is COc1ccccc1-n1nc(-c2cccnc2)c2c1NCCCC2. The molecule has 0 radical (unpaired) electrons. The number of aromatic nitrogens is 3. The number of para-hydroxylation sites is 2. The largest absolute Gasteiger partial charge is 0.494 e. The van der Waals surface area contributed by atoms with E-state index in [-0.39, 0.29) is 0 Å². The lowest BCUT2D eigenvalue weighted by Crippen LogP contribution is -2.08. The molecule has 5 nitrogen and oxygen atoms in total. The van der Waals surface area contributed by atoms with Crippen LogP contribution in [0.15, 0.2) is 48.8 Å². The van der Waals surface area contributed by atoms with Crippen LogP contribution in [0.25, 0.3) is 16.9 Å². The predicted octanol–water partition coefficient (Wildman–Crippen LogP) is 3.69. The second-order valence-corrected chi connectivity index (χ2v) is 5.89. The standard InChI is InChI=1S/C19H20N4O/c1-24-17-10-3-2-9-16(17)23-19-15(8-4-5-12-21-19)18(22-23)14-7-6-11-20-13-14/h2-3,6-7,9-11,13,21H,4-5,8,12H2,1H3. The van der Waals surface area contributed by atoms with Crippen LogP contribution >= 0.6 is 0 Å². The molecule has 0 saturated carbocycles. The van der Waals surface area contributed by atoms with Gasteiger partial charge in [0.25, 0.3) is 0 Å². The first-order valence-corrected chi connectivity index (χ1v) is 8.28. The lowest BCUT2D eigenvalue weighted by Gasteiger charge is -2.12. The van der Waals surface area contributed by atoms with Gasteiger partial charge in [0, 0.05) is 30.1 Å². The third-order valence-corrected chi connectivity index (χ3v) is 4.38. The Morgan fingerprint density at radius 3 is 2.88 bits per heavy atom. The molecule has 0 bridgehead atoms. The summed E-state index contributed by atoms with van der Waals surface area (Å²) in [5.74, 6) is 1.88. The molecule has 0 saturated heterocycles. The zero-order valence-corrected chi connectivity index (χ0v) is 13.7. The van der Waals surface area contributed by atoms with Crippen LogP contribution in [0.2, 0.25) is 0 Å². The maximum atomic E-state index is 5.54. The molecule has 0 atom stereocenters. The number of methoxy groups -OCH3 is 1. The van der Waals surface area contributed by atoms with Crippen LogP contribution in [0.4, 0.5) is 5.82 Å². The van der Waals surface area contributed by atoms with Crippen molar-refractivity contribution in [1.82, 2.24) is 14.8 Å². The molecule has 0 spiro atoms. The minimum atomic E-state index is 0.812. The van der Waals surface area contributed by atoms with Gasteiger partial charge in [-0.25, -0.2) is 4.68 Å². The second-order valence-electron chi connectivity index (χ2n) is 5.89. The van der Waals surface area contributed by atoms with E-state index in [1.807, 2.05) is 41.2 Å². The van der Waals surface area contributed by atoms with Crippen molar-refractivity contribution >= 4 is 5.82 Å². The van der Waals surface area contributed by atoms with E-state index in [1.165, 1.54) is 5.56 Å². The zero-order chi connectivity index (χ0) is 16.4. The molecule has 2 aromatic heterocycles. The van der Waals surface area contributed by atoms with Crippen LogP contribution in [0, 0.1) is 0 Å². The Bertz CT molecular complexity index is 842. The third kappa shape index (κ3) is 2.52. The van der Waals surface area contributed by atoms with Gasteiger partial charge in [-0.2, -0.15) is 5.10 Å². The van der Waals surface area contributed by atoms with Crippen molar-refractivity contribution < 1.29 is 4.74 Å². The maximum Gasteiger partial charge on any atom is 0.144 e. The molecule has 24 heavy (non-hydrogen) atoms. The number of rotatable bonds is 3. The van der Waals surface area contributed by atoms with Gasteiger partial charge < -0.3 is 10.1 Å². The molecule has 0 aliphatic carbocycles. The maximum absolute atomic E-state index is 5.54. The highest BCUT2D eigenvalue weighted by molar-refractivity contribution is 5.71. The minimum Gasteiger partial charge on any atom is -0.494 e. The number of nitrogens with zero attached hydrogens (tertiary/aromatic N) is 3. The van der Waals surface area contributed by atoms with Crippen LogP contribution < -0.4 is 10.1 Å². The minimum absolute atomic E-state index is 0.812. The fourth-order valence-corrected chi connectivity index (χ4v) is 3.22. The molecule has 1 N–H and O–H groups in total. The summed E-state index contributed by atoms with van der Waals surface area (Å²) in [7, 11) is 1.69. The number of ether oxygens (including phenoxy) is 1. The molecule has 122 valence electrons. The summed E-state index contributed by atoms with van der Waals surface area (Å²) in [6.07, 6.45) is 7.00. The van der Waals surface area contributed by atoms with Gasteiger partial charge in [0.1, 0.15) is 17.3 Å². The van der Waals surface area contributed by atoms with Gasteiger partial charge in [-0.15, -0.1) is 0 Å². The third-order valence-electron chi connectivity index (χ3n) is 4.38. The van der Waals surface area contributed by atoms with E-state index in [0.29, 0.717) is 0 Å². The topological polar surface area (TPSA) is 52.0 Å². The van der Waals surface area contributed by atoms with E-state index >= 15 is 0 Å². The fraction of sp³-hybridized carbons (Fsp3) is 0.263. The average molecular weight is 320 g/mol. The van der Waals surface area contributed by atoms with Crippen molar-refractivity contribution in [2.75, 3.05) is 19.0 Å². The molecule has 0 fully saturated rings. The number of hydrogen-bond acceptors (Lipinski definition) is 4. The summed E-state index contributed by atoms with van der Waals surface area (Å²) in [6.45, 7) is 0.959. The number of hydrogen-bond donors (Lipinski definition) is 1. The lowest BCUT2D eigenvalue weighted by molar-refractivity contribution is 0.412. The molecule has 5 heteroatoms. The Hall–Kier alpha value is -2.82. The van der Waals surface area contributed by atoms with Gasteiger partial charge in [-0.1, -0.05) is 12.1 Å². The quantitative estimate of drug-likeness (QED) is 0.799. The highest BCUT2D eigenvalue weighted by Crippen LogP contribution is 2.35. The first-order chi connectivity index (χ1) is 11.9. The number of anilines is 1. The van der Waals surface area contributed by atoms with Crippen molar-refractivity contribution in [2.45, 2.75) is 19.3 Å².